The highest BCUT2D eigenvalue weighted by Crippen LogP contribution is 2.32. The number of carbonyl (C=O) groups is 1. The van der Waals surface area contributed by atoms with Crippen molar-refractivity contribution in [3.8, 4) is 17.1 Å². The van der Waals surface area contributed by atoms with Gasteiger partial charge in [0.25, 0.3) is 5.69 Å². The molecule has 0 aliphatic rings. The standard InChI is InChI=1S/C21H23N5O4S/c1-5-25-19(16-8-6-7-9-18(16)30-4)23-24-21(25)31-14(3)20(27)22-17-12-15(26(28)29)11-10-13(17)2/h6-12,14H,5H2,1-4H3,(H,22,27). The molecule has 0 spiro atoms. The Bertz CT molecular complexity index is 1110. The SMILES string of the molecule is CCn1c(SC(C)C(=O)Nc2cc([N+](=O)[O-])ccc2C)nnc1-c1ccccc1OC. The van der Waals surface area contributed by atoms with Crippen molar-refractivity contribution < 1.29 is 14.5 Å². The maximum Gasteiger partial charge on any atom is 0.271 e. The number of methoxy groups -OCH3 is 1. The van der Waals surface area contributed by atoms with Crippen molar-refractivity contribution in [3.05, 3.63) is 58.1 Å². The molecular weight excluding hydrogens is 418 g/mol. The van der Waals surface area contributed by atoms with Gasteiger partial charge in [0.15, 0.2) is 11.0 Å². The van der Waals surface area contributed by atoms with E-state index in [1.165, 1.54) is 23.9 Å². The number of nitro groups is 1. The zero-order valence-corrected chi connectivity index (χ0v) is 18.5. The highest BCUT2D eigenvalue weighted by Gasteiger charge is 2.22. The van der Waals surface area contributed by atoms with Crippen LogP contribution in [0.15, 0.2) is 47.6 Å². The molecule has 162 valence electrons. The Labute approximate surface area is 184 Å². The Kier molecular flexibility index (Phi) is 6.91. The molecule has 3 aromatic rings. The van der Waals surface area contributed by atoms with Gasteiger partial charge in [-0.05, 0) is 38.5 Å². The third-order valence-electron chi connectivity index (χ3n) is 4.72. The molecule has 31 heavy (non-hydrogen) atoms. The molecule has 0 radical (unpaired) electrons. The van der Waals surface area contributed by atoms with Crippen molar-refractivity contribution in [2.24, 2.45) is 0 Å². The van der Waals surface area contributed by atoms with Gasteiger partial charge < -0.3 is 14.6 Å². The molecule has 0 aliphatic carbocycles. The first-order valence-electron chi connectivity index (χ1n) is 9.64. The van der Waals surface area contributed by atoms with Gasteiger partial charge in [0.05, 0.1) is 28.5 Å². The Morgan fingerprint density at radius 3 is 2.71 bits per heavy atom. The average Bonchev–Trinajstić information content (AvgIpc) is 3.17. The number of hydrogen-bond donors (Lipinski definition) is 1. The fraction of sp³-hybridized carbons (Fsp3) is 0.286. The number of aromatic nitrogens is 3. The molecule has 1 aromatic heterocycles. The number of hydrogen-bond acceptors (Lipinski definition) is 7. The van der Waals surface area contributed by atoms with Gasteiger partial charge in [0.1, 0.15) is 5.75 Å². The van der Waals surface area contributed by atoms with E-state index in [1.807, 2.05) is 35.8 Å². The number of ether oxygens (including phenoxy) is 1. The Morgan fingerprint density at radius 1 is 1.29 bits per heavy atom. The molecular formula is C21H23N5O4S. The van der Waals surface area contributed by atoms with E-state index in [9.17, 15) is 14.9 Å². The Hall–Kier alpha value is -3.40. The number of thioether (sulfide) groups is 1. The highest BCUT2D eigenvalue weighted by molar-refractivity contribution is 8.00. The van der Waals surface area contributed by atoms with Gasteiger partial charge >= 0.3 is 0 Å². The van der Waals surface area contributed by atoms with Gasteiger partial charge in [0.2, 0.25) is 5.91 Å². The summed E-state index contributed by atoms with van der Waals surface area (Å²) in [6, 6.07) is 11.9. The van der Waals surface area contributed by atoms with E-state index >= 15 is 0 Å². The first-order valence-corrected chi connectivity index (χ1v) is 10.5. The Balaban J connectivity index is 1.80. The smallest absolute Gasteiger partial charge is 0.271 e. The molecule has 2 aromatic carbocycles. The van der Waals surface area contributed by atoms with Crippen molar-refractivity contribution in [2.45, 2.75) is 37.7 Å². The third-order valence-corrected chi connectivity index (χ3v) is 5.80. The van der Waals surface area contributed by atoms with Crippen molar-refractivity contribution in [3.63, 3.8) is 0 Å². The van der Waals surface area contributed by atoms with Crippen molar-refractivity contribution in [2.75, 3.05) is 12.4 Å². The molecule has 9 nitrogen and oxygen atoms in total. The molecule has 10 heteroatoms. The van der Waals surface area contributed by atoms with Gasteiger partial charge in [-0.25, -0.2) is 0 Å². The number of nitrogens with one attached hydrogen (secondary N) is 1. The maximum atomic E-state index is 12.7. The lowest BCUT2D eigenvalue weighted by Gasteiger charge is -2.14. The van der Waals surface area contributed by atoms with Crippen LogP contribution in [0.1, 0.15) is 19.4 Å². The summed E-state index contributed by atoms with van der Waals surface area (Å²) in [5, 5.41) is 22.5. The lowest BCUT2D eigenvalue weighted by atomic mass is 10.2. The van der Waals surface area contributed by atoms with Gasteiger partial charge in [0, 0.05) is 18.7 Å². The normalized spacial score (nSPS) is 11.7. The number of amides is 1. The number of carbonyl (C=O) groups excluding carboxylic acids is 1. The van der Waals surface area contributed by atoms with E-state index in [2.05, 4.69) is 15.5 Å². The number of para-hydroxylation sites is 1. The minimum atomic E-state index is -0.501. The predicted octanol–water partition coefficient (Wildman–Crippen LogP) is 4.31. The highest BCUT2D eigenvalue weighted by atomic mass is 32.2. The van der Waals surface area contributed by atoms with Crippen LogP contribution in [0.2, 0.25) is 0 Å². The monoisotopic (exact) mass is 441 g/mol. The van der Waals surface area contributed by atoms with E-state index in [0.29, 0.717) is 29.0 Å². The zero-order valence-electron chi connectivity index (χ0n) is 17.7. The molecule has 1 heterocycles. The molecule has 1 N–H and O–H groups in total. The number of rotatable bonds is 8. The second-order valence-electron chi connectivity index (χ2n) is 6.76. The fourth-order valence-electron chi connectivity index (χ4n) is 2.99. The van der Waals surface area contributed by atoms with Gasteiger partial charge in [-0.3, -0.25) is 14.9 Å². The van der Waals surface area contributed by atoms with Crippen molar-refractivity contribution >= 4 is 29.0 Å². The van der Waals surface area contributed by atoms with E-state index in [-0.39, 0.29) is 11.6 Å². The lowest BCUT2D eigenvalue weighted by molar-refractivity contribution is -0.384. The summed E-state index contributed by atoms with van der Waals surface area (Å²) >= 11 is 1.27. The lowest BCUT2D eigenvalue weighted by Crippen LogP contribution is -2.23. The van der Waals surface area contributed by atoms with E-state index in [4.69, 9.17) is 4.74 Å². The van der Waals surface area contributed by atoms with Crippen LogP contribution in [-0.2, 0) is 11.3 Å². The second-order valence-corrected chi connectivity index (χ2v) is 8.06. The molecule has 0 saturated carbocycles. The second kappa shape index (κ2) is 9.61. The van der Waals surface area contributed by atoms with Gasteiger partial charge in [-0.1, -0.05) is 30.0 Å². The van der Waals surface area contributed by atoms with Crippen LogP contribution in [0.5, 0.6) is 5.75 Å². The molecule has 0 fully saturated rings. The first kappa shape index (κ1) is 22.3. The number of anilines is 1. The first-order chi connectivity index (χ1) is 14.8. The third kappa shape index (κ3) is 4.85. The minimum Gasteiger partial charge on any atom is -0.496 e. The molecule has 3 rings (SSSR count). The quantitative estimate of drug-likeness (QED) is 0.315. The summed E-state index contributed by atoms with van der Waals surface area (Å²) in [6.45, 7) is 6.12. The van der Waals surface area contributed by atoms with E-state index in [0.717, 1.165) is 11.1 Å². The van der Waals surface area contributed by atoms with Gasteiger partial charge in [-0.2, -0.15) is 0 Å². The largest absolute Gasteiger partial charge is 0.496 e. The van der Waals surface area contributed by atoms with Gasteiger partial charge in [-0.15, -0.1) is 10.2 Å². The molecule has 1 atom stereocenters. The van der Waals surface area contributed by atoms with Crippen LogP contribution in [0.3, 0.4) is 0 Å². The average molecular weight is 442 g/mol. The summed E-state index contributed by atoms with van der Waals surface area (Å²) in [4.78, 5) is 23.3. The molecule has 0 aliphatic heterocycles. The van der Waals surface area contributed by atoms with Crippen LogP contribution in [0.4, 0.5) is 11.4 Å². The number of aryl methyl sites for hydroxylation is 1. The van der Waals surface area contributed by atoms with Crippen LogP contribution < -0.4 is 10.1 Å². The Morgan fingerprint density at radius 2 is 2.03 bits per heavy atom. The number of non-ortho nitro benzene ring substituents is 1. The number of nitrogens with zero attached hydrogens (tertiary/aromatic N) is 4. The number of nitro benzene ring substituents is 1. The van der Waals surface area contributed by atoms with Crippen molar-refractivity contribution in [1.29, 1.82) is 0 Å². The maximum absolute atomic E-state index is 12.7. The van der Waals surface area contributed by atoms with Crippen LogP contribution in [-0.4, -0.2) is 38.0 Å². The van der Waals surface area contributed by atoms with Crippen molar-refractivity contribution in [1.82, 2.24) is 14.8 Å². The van der Waals surface area contributed by atoms with E-state index < -0.39 is 10.2 Å². The van der Waals surface area contributed by atoms with Crippen LogP contribution in [0, 0.1) is 17.0 Å². The predicted molar refractivity (Wildman–Crippen MR) is 119 cm³/mol. The van der Waals surface area contributed by atoms with Crippen LogP contribution >= 0.6 is 11.8 Å². The molecule has 0 saturated heterocycles. The topological polar surface area (TPSA) is 112 Å². The summed E-state index contributed by atoms with van der Waals surface area (Å²) < 4.78 is 7.35. The summed E-state index contributed by atoms with van der Waals surface area (Å²) in [5.41, 5.74) is 1.90. The molecule has 1 amide bonds. The zero-order chi connectivity index (χ0) is 22.5. The summed E-state index contributed by atoms with van der Waals surface area (Å²) in [6.07, 6.45) is 0. The van der Waals surface area contributed by atoms with E-state index in [1.54, 1.807) is 27.0 Å². The van der Waals surface area contributed by atoms with Crippen LogP contribution in [0.25, 0.3) is 11.4 Å². The fourth-order valence-corrected chi connectivity index (χ4v) is 3.91. The molecule has 0 bridgehead atoms. The summed E-state index contributed by atoms with van der Waals surface area (Å²) in [7, 11) is 1.60. The summed E-state index contributed by atoms with van der Waals surface area (Å²) in [5.74, 6) is 1.07. The molecule has 1 unspecified atom stereocenters. The number of benzene rings is 2. The minimum absolute atomic E-state index is 0.0756.